The van der Waals surface area contributed by atoms with E-state index in [0.717, 1.165) is 5.56 Å². The lowest BCUT2D eigenvalue weighted by Crippen LogP contribution is -2.09. The third-order valence-corrected chi connectivity index (χ3v) is 4.27. The van der Waals surface area contributed by atoms with Gasteiger partial charge in [-0.2, -0.15) is 0 Å². The molecule has 0 spiro atoms. The van der Waals surface area contributed by atoms with Gasteiger partial charge in [-0.05, 0) is 46.6 Å². The summed E-state index contributed by atoms with van der Waals surface area (Å²) in [6, 6.07) is 10.1. The van der Waals surface area contributed by atoms with Crippen molar-refractivity contribution in [2.45, 2.75) is 13.0 Å². The monoisotopic (exact) mass is 361 g/mol. The number of anilines is 1. The molecule has 0 heterocycles. The molecule has 100 valence electrons. The first-order chi connectivity index (χ1) is 9.00. The van der Waals surface area contributed by atoms with Crippen molar-refractivity contribution in [1.82, 2.24) is 0 Å². The van der Waals surface area contributed by atoms with Crippen molar-refractivity contribution in [2.75, 3.05) is 5.32 Å². The molecular formula is C14H11BrCl2FN. The van der Waals surface area contributed by atoms with Gasteiger partial charge in [0.05, 0.1) is 21.8 Å². The predicted octanol–water partition coefficient (Wildman–Crippen LogP) is 6.07. The molecule has 0 aliphatic rings. The maximum atomic E-state index is 13.8. The topological polar surface area (TPSA) is 12.0 Å². The van der Waals surface area contributed by atoms with Crippen LogP contribution in [0.3, 0.4) is 0 Å². The molecule has 0 aromatic heterocycles. The first-order valence-electron chi connectivity index (χ1n) is 5.65. The molecule has 0 saturated heterocycles. The Hall–Kier alpha value is -0.770. The summed E-state index contributed by atoms with van der Waals surface area (Å²) in [5.74, 6) is -0.320. The molecule has 0 aliphatic heterocycles. The fourth-order valence-corrected chi connectivity index (χ4v) is 2.71. The molecule has 2 aromatic rings. The van der Waals surface area contributed by atoms with Crippen LogP contribution in [0.15, 0.2) is 40.9 Å². The van der Waals surface area contributed by atoms with Gasteiger partial charge in [-0.15, -0.1) is 0 Å². The van der Waals surface area contributed by atoms with Crippen LogP contribution in [0.25, 0.3) is 0 Å². The standard InChI is InChI=1S/C14H11BrCl2FN/c1-8(9-4-2-6-11(16)13(9)17)19-14-10(15)5-3-7-12(14)18/h2-8,19H,1H3. The molecule has 1 N–H and O–H groups in total. The molecule has 2 aromatic carbocycles. The smallest absolute Gasteiger partial charge is 0.147 e. The fourth-order valence-electron chi connectivity index (χ4n) is 1.78. The highest BCUT2D eigenvalue weighted by Gasteiger charge is 2.14. The molecule has 19 heavy (non-hydrogen) atoms. The summed E-state index contributed by atoms with van der Waals surface area (Å²) >= 11 is 15.5. The van der Waals surface area contributed by atoms with Crippen molar-refractivity contribution in [1.29, 1.82) is 0 Å². The largest absolute Gasteiger partial charge is 0.375 e. The second kappa shape index (κ2) is 6.12. The number of benzene rings is 2. The van der Waals surface area contributed by atoms with Gasteiger partial charge in [-0.3, -0.25) is 0 Å². The van der Waals surface area contributed by atoms with Crippen molar-refractivity contribution >= 4 is 44.8 Å². The SMILES string of the molecule is CC(Nc1c(F)cccc1Br)c1cccc(Cl)c1Cl. The van der Waals surface area contributed by atoms with E-state index in [1.165, 1.54) is 6.07 Å². The summed E-state index contributed by atoms with van der Waals surface area (Å²) in [4.78, 5) is 0. The maximum absolute atomic E-state index is 13.8. The summed E-state index contributed by atoms with van der Waals surface area (Å²) < 4.78 is 14.4. The molecule has 0 amide bonds. The van der Waals surface area contributed by atoms with Crippen LogP contribution in [0.1, 0.15) is 18.5 Å². The Morgan fingerprint density at radius 1 is 1.16 bits per heavy atom. The van der Waals surface area contributed by atoms with E-state index in [0.29, 0.717) is 20.2 Å². The van der Waals surface area contributed by atoms with Gasteiger partial charge in [0.1, 0.15) is 5.82 Å². The first kappa shape index (κ1) is 14.6. The lowest BCUT2D eigenvalue weighted by atomic mass is 10.1. The van der Waals surface area contributed by atoms with Crippen LogP contribution in [0, 0.1) is 5.82 Å². The molecule has 2 rings (SSSR count). The minimum atomic E-state index is -0.320. The summed E-state index contributed by atoms with van der Waals surface area (Å²) in [5, 5.41) is 4.07. The highest BCUT2D eigenvalue weighted by Crippen LogP contribution is 2.34. The zero-order valence-corrected chi connectivity index (χ0v) is 13.2. The van der Waals surface area contributed by atoms with Crippen molar-refractivity contribution in [3.8, 4) is 0 Å². The van der Waals surface area contributed by atoms with Crippen molar-refractivity contribution < 1.29 is 4.39 Å². The van der Waals surface area contributed by atoms with E-state index < -0.39 is 0 Å². The van der Waals surface area contributed by atoms with Crippen LogP contribution in [-0.4, -0.2) is 0 Å². The number of para-hydroxylation sites is 1. The average Bonchev–Trinajstić information content (AvgIpc) is 2.37. The molecule has 0 aliphatic carbocycles. The van der Waals surface area contributed by atoms with E-state index in [-0.39, 0.29) is 11.9 Å². The molecular weight excluding hydrogens is 352 g/mol. The van der Waals surface area contributed by atoms with Crippen LogP contribution in [0.5, 0.6) is 0 Å². The van der Waals surface area contributed by atoms with Crippen molar-refractivity contribution in [3.63, 3.8) is 0 Å². The third-order valence-electron chi connectivity index (χ3n) is 2.77. The number of halogens is 4. The normalized spacial score (nSPS) is 12.3. The lowest BCUT2D eigenvalue weighted by molar-refractivity contribution is 0.626. The second-order valence-electron chi connectivity index (χ2n) is 4.11. The molecule has 0 bridgehead atoms. The number of hydrogen-bond acceptors (Lipinski definition) is 1. The van der Waals surface area contributed by atoms with E-state index in [1.807, 2.05) is 19.1 Å². The van der Waals surface area contributed by atoms with Crippen LogP contribution in [0.2, 0.25) is 10.0 Å². The van der Waals surface area contributed by atoms with E-state index in [2.05, 4.69) is 21.2 Å². The second-order valence-corrected chi connectivity index (χ2v) is 5.75. The molecule has 0 radical (unpaired) electrons. The van der Waals surface area contributed by atoms with Crippen molar-refractivity contribution in [2.24, 2.45) is 0 Å². The average molecular weight is 363 g/mol. The summed E-state index contributed by atoms with van der Waals surface area (Å²) in [7, 11) is 0. The Morgan fingerprint density at radius 2 is 1.84 bits per heavy atom. The zero-order valence-electron chi connectivity index (χ0n) is 10.1. The Balaban J connectivity index is 2.31. The highest BCUT2D eigenvalue weighted by molar-refractivity contribution is 9.10. The van der Waals surface area contributed by atoms with Gasteiger partial charge >= 0.3 is 0 Å². The van der Waals surface area contributed by atoms with Crippen molar-refractivity contribution in [3.05, 3.63) is 62.3 Å². The minimum Gasteiger partial charge on any atom is -0.375 e. The van der Waals surface area contributed by atoms with Gasteiger partial charge in [0.25, 0.3) is 0 Å². The highest BCUT2D eigenvalue weighted by atomic mass is 79.9. The number of rotatable bonds is 3. The van der Waals surface area contributed by atoms with E-state index >= 15 is 0 Å². The summed E-state index contributed by atoms with van der Waals surface area (Å²) in [5.41, 5.74) is 1.23. The Bertz CT molecular complexity index is 584. The molecule has 1 nitrogen and oxygen atoms in total. The van der Waals surface area contributed by atoms with E-state index in [4.69, 9.17) is 23.2 Å². The van der Waals surface area contributed by atoms with Gasteiger partial charge < -0.3 is 5.32 Å². The Morgan fingerprint density at radius 3 is 2.53 bits per heavy atom. The summed E-state index contributed by atoms with van der Waals surface area (Å²) in [6.45, 7) is 1.90. The van der Waals surface area contributed by atoms with Crippen LogP contribution >= 0.6 is 39.1 Å². The summed E-state index contributed by atoms with van der Waals surface area (Å²) in [6.07, 6.45) is 0. The maximum Gasteiger partial charge on any atom is 0.147 e. The Kier molecular flexibility index (Phi) is 4.71. The fraction of sp³-hybridized carbons (Fsp3) is 0.143. The molecule has 0 fully saturated rings. The molecule has 5 heteroatoms. The molecule has 1 unspecified atom stereocenters. The van der Waals surface area contributed by atoms with Crippen LogP contribution in [0.4, 0.5) is 10.1 Å². The first-order valence-corrected chi connectivity index (χ1v) is 7.20. The quantitative estimate of drug-likeness (QED) is 0.698. The third kappa shape index (κ3) is 3.22. The Labute approximate surface area is 129 Å². The van der Waals surface area contributed by atoms with Gasteiger partial charge in [-0.1, -0.05) is 41.4 Å². The number of nitrogens with one attached hydrogen (secondary N) is 1. The zero-order chi connectivity index (χ0) is 14.0. The van der Waals surface area contributed by atoms with Crippen LogP contribution in [-0.2, 0) is 0 Å². The van der Waals surface area contributed by atoms with E-state index in [1.54, 1.807) is 18.2 Å². The molecule has 1 atom stereocenters. The predicted molar refractivity (Wildman–Crippen MR) is 82.6 cm³/mol. The lowest BCUT2D eigenvalue weighted by Gasteiger charge is -2.19. The van der Waals surface area contributed by atoms with Gasteiger partial charge in [0.2, 0.25) is 0 Å². The molecule has 0 saturated carbocycles. The number of hydrogen-bond donors (Lipinski definition) is 1. The van der Waals surface area contributed by atoms with E-state index in [9.17, 15) is 4.39 Å². The van der Waals surface area contributed by atoms with Gasteiger partial charge in [0, 0.05) is 4.47 Å². The minimum absolute atomic E-state index is 0.167. The van der Waals surface area contributed by atoms with Gasteiger partial charge in [-0.25, -0.2) is 4.39 Å². The van der Waals surface area contributed by atoms with Gasteiger partial charge in [0.15, 0.2) is 0 Å². The van der Waals surface area contributed by atoms with Crippen LogP contribution < -0.4 is 5.32 Å².